The summed E-state index contributed by atoms with van der Waals surface area (Å²) in [5.41, 5.74) is 4.26. The molecule has 0 aromatic carbocycles. The molecule has 0 aliphatic heterocycles. The second kappa shape index (κ2) is 5.85. The van der Waals surface area contributed by atoms with Gasteiger partial charge < -0.3 is 10.3 Å². The van der Waals surface area contributed by atoms with Crippen LogP contribution in [0.3, 0.4) is 0 Å². The van der Waals surface area contributed by atoms with Crippen molar-refractivity contribution in [3.05, 3.63) is 37.8 Å². The Morgan fingerprint density at radius 3 is 2.30 bits per heavy atom. The van der Waals surface area contributed by atoms with Crippen molar-refractivity contribution in [2.24, 2.45) is 11.7 Å². The fourth-order valence-electron chi connectivity index (χ4n) is 2.16. The van der Waals surface area contributed by atoms with E-state index in [1.165, 1.54) is 10.8 Å². The van der Waals surface area contributed by atoms with Gasteiger partial charge in [-0.1, -0.05) is 27.7 Å². The van der Waals surface area contributed by atoms with Crippen LogP contribution >= 0.6 is 0 Å². The van der Waals surface area contributed by atoms with E-state index in [1.807, 2.05) is 13.8 Å². The van der Waals surface area contributed by atoms with E-state index in [9.17, 15) is 19.7 Å². The number of primary amides is 1. The van der Waals surface area contributed by atoms with Crippen molar-refractivity contribution in [1.82, 2.24) is 4.57 Å². The van der Waals surface area contributed by atoms with Crippen LogP contribution in [0.15, 0.2) is 11.0 Å². The lowest BCUT2D eigenvalue weighted by atomic mass is 9.96. The Morgan fingerprint density at radius 2 is 1.95 bits per heavy atom. The van der Waals surface area contributed by atoms with Gasteiger partial charge in [0.25, 0.3) is 17.2 Å². The molecule has 0 spiro atoms. The lowest BCUT2D eigenvalue weighted by molar-refractivity contribution is -0.386. The van der Waals surface area contributed by atoms with Gasteiger partial charge in [0, 0.05) is 6.54 Å². The van der Waals surface area contributed by atoms with Crippen LogP contribution in [0.1, 0.15) is 49.5 Å². The molecule has 1 aromatic heterocycles. The van der Waals surface area contributed by atoms with Crippen LogP contribution in [0.25, 0.3) is 0 Å². The molecular formula is C13H19N3O4. The molecular weight excluding hydrogens is 262 g/mol. The van der Waals surface area contributed by atoms with Gasteiger partial charge in [-0.05, 0) is 11.8 Å². The summed E-state index contributed by atoms with van der Waals surface area (Å²) in [4.78, 5) is 34.4. The first-order valence-corrected chi connectivity index (χ1v) is 6.38. The molecule has 1 rings (SSSR count). The van der Waals surface area contributed by atoms with Gasteiger partial charge in [-0.2, -0.15) is 0 Å². The molecule has 0 aliphatic rings. The molecule has 0 unspecified atom stereocenters. The Kier molecular flexibility index (Phi) is 4.65. The quantitative estimate of drug-likeness (QED) is 0.653. The topological polar surface area (TPSA) is 108 Å². The predicted octanol–water partition coefficient (Wildman–Crippen LogP) is 1.63. The number of nitrogens with two attached hydrogens (primary N) is 1. The molecule has 0 aliphatic carbocycles. The monoisotopic (exact) mass is 281 g/mol. The van der Waals surface area contributed by atoms with E-state index in [1.54, 1.807) is 13.8 Å². The lowest BCUT2D eigenvalue weighted by Gasteiger charge is -2.15. The number of carbonyl (C=O) groups excluding carboxylic acids is 1. The van der Waals surface area contributed by atoms with E-state index in [0.717, 1.165) is 0 Å². The molecule has 110 valence electrons. The predicted molar refractivity (Wildman–Crippen MR) is 74.8 cm³/mol. The largest absolute Gasteiger partial charge is 0.365 e. The molecule has 2 N–H and O–H groups in total. The highest BCUT2D eigenvalue weighted by Gasteiger charge is 2.28. The van der Waals surface area contributed by atoms with Gasteiger partial charge in [0.2, 0.25) is 0 Å². The Bertz CT molecular complexity index is 602. The number of pyridine rings is 1. The van der Waals surface area contributed by atoms with E-state index in [0.29, 0.717) is 6.54 Å². The zero-order chi connectivity index (χ0) is 15.6. The van der Waals surface area contributed by atoms with Crippen LogP contribution in [0.4, 0.5) is 5.69 Å². The first-order chi connectivity index (χ1) is 9.16. The second-order valence-corrected chi connectivity index (χ2v) is 5.43. The normalized spacial score (nSPS) is 11.1. The van der Waals surface area contributed by atoms with Gasteiger partial charge >= 0.3 is 0 Å². The van der Waals surface area contributed by atoms with Crippen LogP contribution in [0.5, 0.6) is 0 Å². The standard InChI is InChI=1S/C13H19N3O4/c1-7(2)5-15-6-9(16(19)20)10(8(3)4)11(12(14)17)13(15)18/h6-8H,5H2,1-4H3,(H2,14,17). The Labute approximate surface area is 116 Å². The lowest BCUT2D eigenvalue weighted by Crippen LogP contribution is -2.33. The summed E-state index contributed by atoms with van der Waals surface area (Å²) in [6.45, 7) is 7.40. The zero-order valence-corrected chi connectivity index (χ0v) is 12.0. The number of carbonyl (C=O) groups is 1. The minimum Gasteiger partial charge on any atom is -0.365 e. The molecule has 1 aromatic rings. The van der Waals surface area contributed by atoms with E-state index in [2.05, 4.69) is 0 Å². The van der Waals surface area contributed by atoms with Crippen molar-refractivity contribution < 1.29 is 9.72 Å². The molecule has 0 saturated carbocycles. The van der Waals surface area contributed by atoms with Crippen molar-refractivity contribution in [2.45, 2.75) is 40.2 Å². The number of nitrogens with zero attached hydrogens (tertiary/aromatic N) is 2. The zero-order valence-electron chi connectivity index (χ0n) is 12.0. The van der Waals surface area contributed by atoms with E-state index in [4.69, 9.17) is 5.73 Å². The number of nitro groups is 1. The van der Waals surface area contributed by atoms with Gasteiger partial charge in [-0.15, -0.1) is 0 Å². The summed E-state index contributed by atoms with van der Waals surface area (Å²) in [5, 5.41) is 11.2. The summed E-state index contributed by atoms with van der Waals surface area (Å²) in [7, 11) is 0. The number of hydrogen-bond donors (Lipinski definition) is 1. The van der Waals surface area contributed by atoms with Crippen LogP contribution < -0.4 is 11.3 Å². The van der Waals surface area contributed by atoms with Gasteiger partial charge in [-0.3, -0.25) is 19.7 Å². The maximum atomic E-state index is 12.3. The van der Waals surface area contributed by atoms with Gasteiger partial charge in [-0.25, -0.2) is 0 Å². The number of amides is 1. The summed E-state index contributed by atoms with van der Waals surface area (Å²) < 4.78 is 1.19. The Hall–Kier alpha value is -2.18. The minimum atomic E-state index is -0.931. The smallest absolute Gasteiger partial charge is 0.289 e. The van der Waals surface area contributed by atoms with Crippen LogP contribution in [-0.2, 0) is 6.54 Å². The maximum Gasteiger partial charge on any atom is 0.289 e. The minimum absolute atomic E-state index is 0.104. The third-order valence-electron chi connectivity index (χ3n) is 2.88. The summed E-state index contributed by atoms with van der Waals surface area (Å²) >= 11 is 0. The Balaban J connectivity index is 3.76. The summed E-state index contributed by atoms with van der Waals surface area (Å²) in [6, 6.07) is 0. The van der Waals surface area contributed by atoms with Crippen molar-refractivity contribution >= 4 is 11.6 Å². The summed E-state index contributed by atoms with van der Waals surface area (Å²) in [6.07, 6.45) is 1.20. The second-order valence-electron chi connectivity index (χ2n) is 5.43. The van der Waals surface area contributed by atoms with E-state index >= 15 is 0 Å². The maximum absolute atomic E-state index is 12.3. The third-order valence-corrected chi connectivity index (χ3v) is 2.88. The van der Waals surface area contributed by atoms with Gasteiger partial charge in [0.15, 0.2) is 0 Å². The van der Waals surface area contributed by atoms with E-state index in [-0.39, 0.29) is 28.7 Å². The molecule has 0 saturated heterocycles. The van der Waals surface area contributed by atoms with Crippen LogP contribution in [0, 0.1) is 16.0 Å². The average molecular weight is 281 g/mol. The number of aromatic nitrogens is 1. The molecule has 0 radical (unpaired) electrons. The van der Waals surface area contributed by atoms with Crippen molar-refractivity contribution in [2.75, 3.05) is 0 Å². The molecule has 0 fully saturated rings. The van der Waals surface area contributed by atoms with Crippen LogP contribution in [0.2, 0.25) is 0 Å². The van der Waals surface area contributed by atoms with Gasteiger partial charge in [0.1, 0.15) is 5.56 Å². The number of rotatable bonds is 5. The molecule has 1 heterocycles. The molecule has 1 amide bonds. The SMILES string of the molecule is CC(C)Cn1cc([N+](=O)[O-])c(C(C)C)c(C(N)=O)c1=O. The van der Waals surface area contributed by atoms with Crippen LogP contribution in [-0.4, -0.2) is 15.4 Å². The first-order valence-electron chi connectivity index (χ1n) is 6.38. The molecule has 0 atom stereocenters. The molecule has 7 heteroatoms. The summed E-state index contributed by atoms with van der Waals surface area (Å²) in [5.74, 6) is -1.17. The molecule has 20 heavy (non-hydrogen) atoms. The fourth-order valence-corrected chi connectivity index (χ4v) is 2.16. The van der Waals surface area contributed by atoms with Gasteiger partial charge in [0.05, 0.1) is 16.7 Å². The number of hydrogen-bond acceptors (Lipinski definition) is 4. The van der Waals surface area contributed by atoms with Crippen molar-refractivity contribution in [3.63, 3.8) is 0 Å². The van der Waals surface area contributed by atoms with Crippen molar-refractivity contribution in [3.8, 4) is 0 Å². The third kappa shape index (κ3) is 3.04. The highest BCUT2D eigenvalue weighted by atomic mass is 16.6. The van der Waals surface area contributed by atoms with Crippen molar-refractivity contribution in [1.29, 1.82) is 0 Å². The fraction of sp³-hybridized carbons (Fsp3) is 0.538. The average Bonchev–Trinajstić information content (AvgIpc) is 2.29. The molecule has 7 nitrogen and oxygen atoms in total. The Morgan fingerprint density at radius 1 is 1.40 bits per heavy atom. The van der Waals surface area contributed by atoms with E-state index < -0.39 is 16.4 Å². The molecule has 0 bridgehead atoms. The highest BCUT2D eigenvalue weighted by molar-refractivity contribution is 5.95. The highest BCUT2D eigenvalue weighted by Crippen LogP contribution is 2.27. The first kappa shape index (κ1) is 15.9.